The van der Waals surface area contributed by atoms with Crippen LogP contribution < -0.4 is 14.8 Å². The zero-order valence-electron chi connectivity index (χ0n) is 18.5. The number of rotatable bonds is 8. The van der Waals surface area contributed by atoms with Gasteiger partial charge in [-0.15, -0.1) is 0 Å². The molecule has 0 spiro atoms. The Morgan fingerprint density at radius 2 is 1.85 bits per heavy atom. The van der Waals surface area contributed by atoms with Gasteiger partial charge in [0.05, 0.1) is 12.4 Å². The molecule has 1 heterocycles. The van der Waals surface area contributed by atoms with Crippen LogP contribution in [0.3, 0.4) is 0 Å². The third kappa shape index (κ3) is 5.31. The Kier molecular flexibility index (Phi) is 7.32. The topological polar surface area (TPSA) is 103 Å². The van der Waals surface area contributed by atoms with E-state index in [2.05, 4.69) is 17.9 Å². The molecule has 2 atom stereocenters. The van der Waals surface area contributed by atoms with Gasteiger partial charge in [0.2, 0.25) is 6.79 Å². The summed E-state index contributed by atoms with van der Waals surface area (Å²) in [7, 11) is 0. The van der Waals surface area contributed by atoms with Gasteiger partial charge in [0.25, 0.3) is 0 Å². The van der Waals surface area contributed by atoms with Gasteiger partial charge in [0.15, 0.2) is 11.5 Å². The number of amides is 1. The monoisotopic (exact) mass is 483 g/mol. The largest absolute Gasteiger partial charge is 0.507 e. The van der Waals surface area contributed by atoms with Gasteiger partial charge in [-0.25, -0.2) is 4.79 Å². The summed E-state index contributed by atoms with van der Waals surface area (Å²) in [6.07, 6.45) is -0.870. The van der Waals surface area contributed by atoms with Crippen LogP contribution in [0.25, 0.3) is 10.8 Å². The number of hydrogen-bond acceptors (Lipinski definition) is 8. The first kappa shape index (κ1) is 23.6. The number of nitrogens with one attached hydrogen (secondary N) is 1. The molecule has 0 unspecified atom stereocenters. The molecular formula is C25H25NO7S. The summed E-state index contributed by atoms with van der Waals surface area (Å²) in [4.78, 5) is 24.3. The summed E-state index contributed by atoms with van der Waals surface area (Å²) in [6.45, 7) is 2.21. The molecule has 0 bridgehead atoms. The van der Waals surface area contributed by atoms with E-state index in [4.69, 9.17) is 18.9 Å². The third-order valence-electron chi connectivity index (χ3n) is 5.58. The minimum atomic E-state index is -0.672. The Morgan fingerprint density at radius 1 is 1.09 bits per heavy atom. The average Bonchev–Trinajstić information content (AvgIpc) is 3.31. The van der Waals surface area contributed by atoms with Crippen LogP contribution in [0.15, 0.2) is 54.6 Å². The van der Waals surface area contributed by atoms with Gasteiger partial charge in [-0.2, -0.15) is 12.6 Å². The van der Waals surface area contributed by atoms with E-state index in [9.17, 15) is 14.7 Å². The highest BCUT2D eigenvalue weighted by Gasteiger charge is 2.27. The Hall–Kier alpha value is -3.59. The number of thiol groups is 1. The molecule has 8 nitrogen and oxygen atoms in total. The first-order chi connectivity index (χ1) is 16.5. The second-order valence-electron chi connectivity index (χ2n) is 7.88. The Balaban J connectivity index is 1.57. The van der Waals surface area contributed by atoms with Crippen molar-refractivity contribution >= 4 is 41.2 Å². The van der Waals surface area contributed by atoms with Gasteiger partial charge >= 0.3 is 12.1 Å². The van der Waals surface area contributed by atoms with Crippen LogP contribution >= 0.6 is 12.6 Å². The summed E-state index contributed by atoms with van der Waals surface area (Å²) in [5, 5.41) is 14.4. The number of phenols is 1. The van der Waals surface area contributed by atoms with Gasteiger partial charge in [0.1, 0.15) is 11.9 Å². The van der Waals surface area contributed by atoms with E-state index in [0.717, 1.165) is 10.9 Å². The van der Waals surface area contributed by atoms with Crippen molar-refractivity contribution in [3.63, 3.8) is 0 Å². The maximum Gasteiger partial charge on any atom is 0.412 e. The number of phenolic OH excluding ortho intramolecular Hbond substituents is 1. The molecule has 0 saturated heterocycles. The molecular weight excluding hydrogens is 458 g/mol. The van der Waals surface area contributed by atoms with Crippen LogP contribution in [-0.4, -0.2) is 36.3 Å². The molecule has 0 radical (unpaired) electrons. The summed E-state index contributed by atoms with van der Waals surface area (Å²) < 4.78 is 21.7. The molecule has 0 saturated carbocycles. The highest BCUT2D eigenvalue weighted by molar-refractivity contribution is 7.81. The molecule has 1 aliphatic heterocycles. The maximum atomic E-state index is 12.9. The molecule has 3 aromatic rings. The van der Waals surface area contributed by atoms with E-state index in [1.807, 2.05) is 25.1 Å². The number of fused-ring (bicyclic) bond motifs is 2. The number of aromatic hydroxyl groups is 1. The van der Waals surface area contributed by atoms with Crippen LogP contribution in [0, 0.1) is 5.92 Å². The number of carbonyl (C=O) groups excluding carboxylic acids is 2. The molecule has 34 heavy (non-hydrogen) atoms. The molecule has 4 rings (SSSR count). The average molecular weight is 484 g/mol. The lowest BCUT2D eigenvalue weighted by Crippen LogP contribution is -2.23. The van der Waals surface area contributed by atoms with E-state index in [1.54, 1.807) is 36.4 Å². The van der Waals surface area contributed by atoms with Crippen molar-refractivity contribution < 1.29 is 33.6 Å². The van der Waals surface area contributed by atoms with Crippen molar-refractivity contribution in [1.82, 2.24) is 0 Å². The van der Waals surface area contributed by atoms with Crippen molar-refractivity contribution in [2.75, 3.05) is 24.5 Å². The first-order valence-electron chi connectivity index (χ1n) is 10.8. The number of ether oxygens (including phenoxy) is 4. The van der Waals surface area contributed by atoms with Crippen LogP contribution in [0.1, 0.15) is 25.0 Å². The van der Waals surface area contributed by atoms with Gasteiger partial charge in [-0.3, -0.25) is 10.1 Å². The van der Waals surface area contributed by atoms with E-state index < -0.39 is 18.2 Å². The smallest absolute Gasteiger partial charge is 0.412 e. The van der Waals surface area contributed by atoms with Crippen molar-refractivity contribution in [3.05, 3.63) is 60.2 Å². The highest BCUT2D eigenvalue weighted by atomic mass is 32.1. The minimum absolute atomic E-state index is 0.00511. The fourth-order valence-corrected chi connectivity index (χ4v) is 3.92. The first-order valence-corrected chi connectivity index (χ1v) is 11.4. The molecule has 0 fully saturated rings. The predicted molar refractivity (Wildman–Crippen MR) is 130 cm³/mol. The molecule has 1 aliphatic rings. The fourth-order valence-electron chi connectivity index (χ4n) is 3.83. The summed E-state index contributed by atoms with van der Waals surface area (Å²) in [6, 6.07) is 15.7. The molecule has 0 aliphatic carbocycles. The quantitative estimate of drug-likeness (QED) is 0.304. The zero-order chi connectivity index (χ0) is 24.1. The minimum Gasteiger partial charge on any atom is -0.507 e. The van der Waals surface area contributed by atoms with Gasteiger partial charge in [-0.05, 0) is 30.0 Å². The molecule has 2 N–H and O–H groups in total. The summed E-state index contributed by atoms with van der Waals surface area (Å²) in [5.41, 5.74) is 1.24. The molecule has 1 amide bonds. The standard InChI is InChI=1S/C25H25NO7S/c1-15(10-11-30-23(28)13-34)24(19-7-8-20(27)18-5-3-2-4-17(18)19)33-25(29)26-16-6-9-21-22(12-16)32-14-31-21/h2-9,12,15,24,27,34H,10-11,13-14H2,1H3,(H,26,29)/t15-,24-/m1/s1. The molecule has 178 valence electrons. The normalized spacial score (nSPS) is 13.8. The number of esters is 1. The Morgan fingerprint density at radius 3 is 2.65 bits per heavy atom. The van der Waals surface area contributed by atoms with Gasteiger partial charge in [-0.1, -0.05) is 37.3 Å². The van der Waals surface area contributed by atoms with Crippen LogP contribution in [0.5, 0.6) is 17.2 Å². The van der Waals surface area contributed by atoms with Crippen LogP contribution in [0.4, 0.5) is 10.5 Å². The Bertz CT molecular complexity index is 1200. The van der Waals surface area contributed by atoms with Crippen molar-refractivity contribution in [2.45, 2.75) is 19.4 Å². The maximum absolute atomic E-state index is 12.9. The number of hydrogen-bond donors (Lipinski definition) is 3. The van der Waals surface area contributed by atoms with E-state index in [1.165, 1.54) is 0 Å². The van der Waals surface area contributed by atoms with E-state index in [-0.39, 0.29) is 30.8 Å². The second-order valence-corrected chi connectivity index (χ2v) is 8.20. The van der Waals surface area contributed by atoms with E-state index >= 15 is 0 Å². The lowest BCUT2D eigenvalue weighted by Gasteiger charge is -2.26. The molecule has 3 aromatic carbocycles. The van der Waals surface area contributed by atoms with Gasteiger partial charge in [0, 0.05) is 28.6 Å². The molecule has 9 heteroatoms. The van der Waals surface area contributed by atoms with E-state index in [0.29, 0.717) is 29.0 Å². The van der Waals surface area contributed by atoms with Crippen molar-refractivity contribution in [2.24, 2.45) is 5.92 Å². The number of benzene rings is 3. The molecule has 0 aromatic heterocycles. The Labute approximate surface area is 202 Å². The van der Waals surface area contributed by atoms with Gasteiger partial charge < -0.3 is 24.1 Å². The fraction of sp³-hybridized carbons (Fsp3) is 0.280. The van der Waals surface area contributed by atoms with Crippen LogP contribution in [0.2, 0.25) is 0 Å². The lowest BCUT2D eigenvalue weighted by molar-refractivity contribution is -0.141. The number of anilines is 1. The van der Waals surface area contributed by atoms with Crippen molar-refractivity contribution in [3.8, 4) is 17.2 Å². The zero-order valence-corrected chi connectivity index (χ0v) is 19.4. The SMILES string of the molecule is C[C@H](CCOC(=O)CS)[C@@H](OC(=O)Nc1ccc2c(c1)OCO2)c1ccc(O)c2ccccc12. The third-order valence-corrected chi connectivity index (χ3v) is 5.83. The van der Waals surface area contributed by atoms with Crippen LogP contribution in [-0.2, 0) is 14.3 Å². The number of carbonyl (C=O) groups is 2. The lowest BCUT2D eigenvalue weighted by atomic mass is 9.90. The predicted octanol–water partition coefficient (Wildman–Crippen LogP) is 5.06. The summed E-state index contributed by atoms with van der Waals surface area (Å²) in [5.74, 6) is 0.662. The highest BCUT2D eigenvalue weighted by Crippen LogP contribution is 2.38. The van der Waals surface area contributed by atoms with Crippen molar-refractivity contribution in [1.29, 1.82) is 0 Å². The second kappa shape index (κ2) is 10.6. The summed E-state index contributed by atoms with van der Waals surface area (Å²) >= 11 is 3.91.